The highest BCUT2D eigenvalue weighted by molar-refractivity contribution is 7.93. The van der Waals surface area contributed by atoms with Crippen LogP contribution in [0.15, 0.2) is 36.9 Å². The van der Waals surface area contributed by atoms with Crippen LogP contribution in [0.3, 0.4) is 0 Å². The maximum absolute atomic E-state index is 13.2. The molecule has 0 aliphatic heterocycles. The smallest absolute Gasteiger partial charge is 0.240 e. The summed E-state index contributed by atoms with van der Waals surface area (Å²) in [5.74, 6) is 0.901. The molecule has 172 valence electrons. The Labute approximate surface area is 192 Å². The fourth-order valence-electron chi connectivity index (χ4n) is 3.18. The number of aromatic nitrogens is 6. The lowest BCUT2D eigenvalue weighted by Crippen LogP contribution is -2.33. The van der Waals surface area contributed by atoms with E-state index in [0.29, 0.717) is 17.4 Å². The summed E-state index contributed by atoms with van der Waals surface area (Å²) >= 11 is 5.84. The Morgan fingerprint density at radius 3 is 2.56 bits per heavy atom. The van der Waals surface area contributed by atoms with Gasteiger partial charge in [0.05, 0.1) is 5.02 Å². The lowest BCUT2D eigenvalue weighted by Gasteiger charge is -2.22. The van der Waals surface area contributed by atoms with Crippen LogP contribution in [0.4, 0.5) is 5.95 Å². The van der Waals surface area contributed by atoms with Gasteiger partial charge in [-0.2, -0.15) is 0 Å². The van der Waals surface area contributed by atoms with Gasteiger partial charge in [-0.1, -0.05) is 31.4 Å². The highest BCUT2D eigenvalue weighted by Crippen LogP contribution is 2.26. The number of unbranched alkanes of at least 4 members (excludes halogenated alkanes) is 2. The Kier molecular flexibility index (Phi) is 8.10. The molecule has 0 unspecified atom stereocenters. The molecule has 2 atom stereocenters. The Morgan fingerprint density at radius 1 is 1.19 bits per heavy atom. The van der Waals surface area contributed by atoms with E-state index < -0.39 is 21.4 Å². The lowest BCUT2D eigenvalue weighted by molar-refractivity contribution is 0.0950. The van der Waals surface area contributed by atoms with Crippen molar-refractivity contribution in [1.82, 2.24) is 29.7 Å². The van der Waals surface area contributed by atoms with Crippen LogP contribution in [-0.4, -0.2) is 50.5 Å². The summed E-state index contributed by atoms with van der Waals surface area (Å²) in [4.78, 5) is 12.3. The van der Waals surface area contributed by atoms with Gasteiger partial charge in [-0.25, -0.2) is 18.4 Å². The second-order valence-corrected chi connectivity index (χ2v) is 9.69. The third kappa shape index (κ3) is 5.59. The molecule has 0 saturated carbocycles. The first-order chi connectivity index (χ1) is 15.4. The molecule has 0 spiro atoms. The molecule has 0 saturated heterocycles. The molecule has 0 amide bonds. The maximum Gasteiger partial charge on any atom is 0.240 e. The molecule has 12 heteroatoms. The van der Waals surface area contributed by atoms with Gasteiger partial charge in [-0.3, -0.25) is 14.3 Å². The van der Waals surface area contributed by atoms with Gasteiger partial charge < -0.3 is 4.74 Å². The van der Waals surface area contributed by atoms with Crippen molar-refractivity contribution in [2.24, 2.45) is 0 Å². The van der Waals surface area contributed by atoms with Gasteiger partial charge in [-0.05, 0) is 25.5 Å². The van der Waals surface area contributed by atoms with E-state index in [9.17, 15) is 8.42 Å². The standard InChI is InChI=1S/C20H26ClN7O3S/c1-4-5-6-10-28-19(15-8-7-9-22-11-15)25-26-20(28)27-32(29,30)14(2)17(31-3)18-23-12-16(21)13-24-18/h7-9,11-14,17H,4-6,10H2,1-3H3,(H,26,27)/t14-,17-/m0/s1. The first-order valence-electron chi connectivity index (χ1n) is 10.2. The predicted octanol–water partition coefficient (Wildman–Crippen LogP) is 3.49. The molecule has 10 nitrogen and oxygen atoms in total. The number of methoxy groups -OCH3 is 1. The Bertz CT molecular complexity index is 1110. The minimum Gasteiger partial charge on any atom is -0.372 e. The van der Waals surface area contributed by atoms with Gasteiger partial charge in [0, 0.05) is 44.0 Å². The normalized spacial score (nSPS) is 13.6. The first-order valence-corrected chi connectivity index (χ1v) is 12.1. The average molecular weight is 480 g/mol. The van der Waals surface area contributed by atoms with Crippen LogP contribution in [0, 0.1) is 0 Å². The van der Waals surface area contributed by atoms with E-state index in [0.717, 1.165) is 24.8 Å². The molecule has 0 fully saturated rings. The van der Waals surface area contributed by atoms with Crippen LogP contribution in [0.5, 0.6) is 0 Å². The predicted molar refractivity (Wildman–Crippen MR) is 122 cm³/mol. The van der Waals surface area contributed by atoms with E-state index in [1.165, 1.54) is 26.4 Å². The van der Waals surface area contributed by atoms with E-state index in [-0.39, 0.29) is 11.8 Å². The molecular formula is C20H26ClN7O3S. The van der Waals surface area contributed by atoms with Crippen LogP contribution in [-0.2, 0) is 21.3 Å². The summed E-state index contributed by atoms with van der Waals surface area (Å²) < 4.78 is 36.2. The molecule has 0 radical (unpaired) electrons. The Hall–Kier alpha value is -2.63. The average Bonchev–Trinajstić information content (AvgIpc) is 3.18. The minimum atomic E-state index is -3.93. The summed E-state index contributed by atoms with van der Waals surface area (Å²) in [6.07, 6.45) is 8.09. The largest absolute Gasteiger partial charge is 0.372 e. The number of halogens is 1. The zero-order valence-corrected chi connectivity index (χ0v) is 19.7. The fraction of sp³-hybridized carbons (Fsp3) is 0.450. The number of sulfonamides is 1. The van der Waals surface area contributed by atoms with Crippen molar-refractivity contribution in [3.05, 3.63) is 47.8 Å². The van der Waals surface area contributed by atoms with Crippen molar-refractivity contribution in [1.29, 1.82) is 0 Å². The van der Waals surface area contributed by atoms with Gasteiger partial charge >= 0.3 is 0 Å². The summed E-state index contributed by atoms with van der Waals surface area (Å²) in [6, 6.07) is 3.65. The van der Waals surface area contributed by atoms with Crippen LogP contribution in [0.25, 0.3) is 11.4 Å². The highest BCUT2D eigenvalue weighted by Gasteiger charge is 2.34. The van der Waals surface area contributed by atoms with Crippen LogP contribution < -0.4 is 4.72 Å². The third-order valence-corrected chi connectivity index (χ3v) is 6.84. The number of pyridine rings is 1. The van der Waals surface area contributed by atoms with Crippen LogP contribution >= 0.6 is 11.6 Å². The number of ether oxygens (including phenoxy) is 1. The number of hydrogen-bond donors (Lipinski definition) is 1. The molecule has 0 bridgehead atoms. The first kappa shape index (κ1) is 24.0. The molecule has 3 heterocycles. The topological polar surface area (TPSA) is 125 Å². The zero-order valence-electron chi connectivity index (χ0n) is 18.1. The third-order valence-electron chi connectivity index (χ3n) is 4.95. The van der Waals surface area contributed by atoms with Gasteiger partial charge in [0.15, 0.2) is 11.6 Å². The van der Waals surface area contributed by atoms with E-state index in [1.54, 1.807) is 23.0 Å². The zero-order chi connectivity index (χ0) is 23.1. The second-order valence-electron chi connectivity index (χ2n) is 7.22. The molecule has 1 N–H and O–H groups in total. The number of hydrogen-bond acceptors (Lipinski definition) is 8. The van der Waals surface area contributed by atoms with Crippen molar-refractivity contribution in [2.75, 3.05) is 11.8 Å². The van der Waals surface area contributed by atoms with E-state index in [2.05, 4.69) is 36.8 Å². The molecule has 32 heavy (non-hydrogen) atoms. The van der Waals surface area contributed by atoms with Gasteiger partial charge in [-0.15, -0.1) is 10.2 Å². The lowest BCUT2D eigenvalue weighted by atomic mass is 10.2. The number of nitrogens with zero attached hydrogens (tertiary/aromatic N) is 6. The molecule has 3 aromatic heterocycles. The summed E-state index contributed by atoms with van der Waals surface area (Å²) in [7, 11) is -2.53. The Balaban J connectivity index is 1.90. The van der Waals surface area contributed by atoms with Crippen LogP contribution in [0.1, 0.15) is 45.0 Å². The van der Waals surface area contributed by atoms with E-state index >= 15 is 0 Å². The highest BCUT2D eigenvalue weighted by atomic mass is 35.5. The SMILES string of the molecule is CCCCCn1c(NS(=O)(=O)[C@@H](C)[C@H](OC)c2ncc(Cl)cn2)nnc1-c1cccnc1. The van der Waals surface area contributed by atoms with Gasteiger partial charge in [0.25, 0.3) is 0 Å². The number of anilines is 1. The van der Waals surface area contributed by atoms with Gasteiger partial charge in [0.1, 0.15) is 11.4 Å². The van der Waals surface area contributed by atoms with Crippen molar-refractivity contribution >= 4 is 27.6 Å². The van der Waals surface area contributed by atoms with E-state index in [1.807, 2.05) is 6.07 Å². The van der Waals surface area contributed by atoms with E-state index in [4.69, 9.17) is 16.3 Å². The molecule has 3 aromatic rings. The quantitative estimate of drug-likeness (QED) is 0.414. The summed E-state index contributed by atoms with van der Waals surface area (Å²) in [5.41, 5.74) is 0.749. The van der Waals surface area contributed by atoms with Crippen molar-refractivity contribution in [3.63, 3.8) is 0 Å². The van der Waals surface area contributed by atoms with Crippen LogP contribution in [0.2, 0.25) is 5.02 Å². The minimum absolute atomic E-state index is 0.138. The van der Waals surface area contributed by atoms with Crippen molar-refractivity contribution in [2.45, 2.75) is 51.0 Å². The summed E-state index contributed by atoms with van der Waals surface area (Å²) in [6.45, 7) is 4.18. The molecule has 0 aliphatic rings. The second kappa shape index (κ2) is 10.8. The number of rotatable bonds is 11. The fourth-order valence-corrected chi connectivity index (χ4v) is 4.43. The van der Waals surface area contributed by atoms with Crippen molar-refractivity contribution in [3.8, 4) is 11.4 Å². The molecular weight excluding hydrogens is 454 g/mol. The summed E-state index contributed by atoms with van der Waals surface area (Å²) in [5, 5.41) is 7.66. The maximum atomic E-state index is 13.2. The monoisotopic (exact) mass is 479 g/mol. The van der Waals surface area contributed by atoms with Crippen molar-refractivity contribution < 1.29 is 13.2 Å². The molecule has 0 aromatic carbocycles. The molecule has 0 aliphatic carbocycles. The number of nitrogens with one attached hydrogen (secondary N) is 1. The van der Waals surface area contributed by atoms with Gasteiger partial charge in [0.2, 0.25) is 16.0 Å². The molecule has 3 rings (SSSR count). The Morgan fingerprint density at radius 2 is 1.94 bits per heavy atom.